The van der Waals surface area contributed by atoms with Gasteiger partial charge in [0, 0.05) is 18.0 Å². The zero-order valence-corrected chi connectivity index (χ0v) is 24.5. The molecule has 6 atom stereocenters. The van der Waals surface area contributed by atoms with Crippen molar-refractivity contribution in [2.45, 2.75) is 122 Å². The first-order valence-corrected chi connectivity index (χ1v) is 15.1. The van der Waals surface area contributed by atoms with Crippen LogP contribution in [-0.2, 0) is 19.1 Å². The highest BCUT2D eigenvalue weighted by Gasteiger charge is 2.70. The van der Waals surface area contributed by atoms with Gasteiger partial charge < -0.3 is 25.6 Å². The van der Waals surface area contributed by atoms with Crippen molar-refractivity contribution >= 4 is 23.8 Å². The topological polar surface area (TPSA) is 141 Å². The van der Waals surface area contributed by atoms with Gasteiger partial charge >= 0.3 is 6.09 Å². The van der Waals surface area contributed by atoms with Gasteiger partial charge in [-0.2, -0.15) is 5.26 Å². The molecule has 4 amide bonds. The number of hydrogen-bond donors (Lipinski definition) is 3. The molecule has 40 heavy (non-hydrogen) atoms. The number of carbonyl (C=O) groups is 4. The van der Waals surface area contributed by atoms with Crippen molar-refractivity contribution in [3.8, 4) is 6.07 Å². The van der Waals surface area contributed by atoms with Crippen LogP contribution in [0.4, 0.5) is 4.79 Å². The Morgan fingerprint density at radius 2 is 1.82 bits per heavy atom. The second kappa shape index (κ2) is 10.2. The molecular formula is C30H45N5O5. The number of rotatable bonds is 7. The quantitative estimate of drug-likeness (QED) is 0.441. The molecule has 3 saturated carbocycles. The highest BCUT2D eigenvalue weighted by Crippen LogP contribution is 2.65. The van der Waals surface area contributed by atoms with Crippen molar-refractivity contribution < 1.29 is 23.9 Å². The molecule has 5 rings (SSSR count). The number of hydrogen-bond acceptors (Lipinski definition) is 6. The largest absolute Gasteiger partial charge is 0.446 e. The van der Waals surface area contributed by atoms with Crippen LogP contribution in [-0.4, -0.2) is 65.0 Å². The molecule has 3 aliphatic carbocycles. The van der Waals surface area contributed by atoms with Crippen LogP contribution in [0.25, 0.3) is 0 Å². The van der Waals surface area contributed by atoms with E-state index in [0.29, 0.717) is 13.0 Å². The van der Waals surface area contributed by atoms with Gasteiger partial charge in [0.25, 0.3) is 0 Å². The van der Waals surface area contributed by atoms with Gasteiger partial charge in [0.1, 0.15) is 24.2 Å². The summed E-state index contributed by atoms with van der Waals surface area (Å²) in [6, 6.07) is -0.266. The van der Waals surface area contributed by atoms with Crippen molar-refractivity contribution in [3.05, 3.63) is 0 Å². The van der Waals surface area contributed by atoms with Gasteiger partial charge in [-0.3, -0.25) is 14.4 Å². The number of fused-ring (bicyclic) bond motifs is 1. The lowest BCUT2D eigenvalue weighted by atomic mass is 9.85. The van der Waals surface area contributed by atoms with Crippen LogP contribution < -0.4 is 16.0 Å². The Balaban J connectivity index is 1.27. The van der Waals surface area contributed by atoms with Gasteiger partial charge in [-0.25, -0.2) is 4.79 Å². The molecule has 0 bridgehead atoms. The Labute approximate surface area is 237 Å². The van der Waals surface area contributed by atoms with Crippen LogP contribution in [0.3, 0.4) is 0 Å². The Morgan fingerprint density at radius 3 is 2.40 bits per heavy atom. The van der Waals surface area contributed by atoms with Crippen LogP contribution in [0.15, 0.2) is 0 Å². The molecule has 5 fully saturated rings. The van der Waals surface area contributed by atoms with Crippen LogP contribution in [0.2, 0.25) is 0 Å². The highest BCUT2D eigenvalue weighted by molar-refractivity contribution is 5.93. The molecule has 10 heteroatoms. The first-order chi connectivity index (χ1) is 18.8. The van der Waals surface area contributed by atoms with Gasteiger partial charge in [0.15, 0.2) is 0 Å². The van der Waals surface area contributed by atoms with Gasteiger partial charge in [-0.1, -0.05) is 41.0 Å². The molecule has 1 spiro atoms. The molecule has 2 saturated heterocycles. The summed E-state index contributed by atoms with van der Waals surface area (Å²) < 4.78 is 5.66. The Morgan fingerprint density at radius 1 is 1.15 bits per heavy atom. The monoisotopic (exact) mass is 555 g/mol. The van der Waals surface area contributed by atoms with Crippen molar-refractivity contribution in [1.82, 2.24) is 20.9 Å². The third-order valence-corrected chi connectivity index (χ3v) is 10.2. The first kappa shape index (κ1) is 28.7. The number of nitrogens with zero attached hydrogens (tertiary/aromatic N) is 2. The molecule has 2 heterocycles. The minimum absolute atomic E-state index is 0.0323. The fourth-order valence-corrected chi connectivity index (χ4v) is 7.45. The average molecular weight is 556 g/mol. The van der Waals surface area contributed by atoms with Crippen molar-refractivity contribution in [3.63, 3.8) is 0 Å². The SMILES string of the molecule is CC(C)(C)[C@H](NC(=O)OC1CCCCC1)C(=O)N1C[C@H]2[C@@H]([C@H]1C(=O)N[C@H](C#N)C[C@@H]1CC3(CC3)NC1=O)C2(C)C. The summed E-state index contributed by atoms with van der Waals surface area (Å²) in [6.07, 6.45) is 7.01. The smallest absolute Gasteiger partial charge is 0.408 e. The summed E-state index contributed by atoms with van der Waals surface area (Å²) in [5.41, 5.74) is -0.816. The standard InChI is InChI=1S/C30H45N5O5/c1-28(2,3)23(33-27(39)40-19-9-7-6-8-10-19)26(38)35-16-20-21(29(20,4)5)22(35)25(37)32-18(15-31)13-17-14-30(11-12-30)34-24(17)36/h17-23H,6-14,16H2,1-5H3,(H,32,37)(H,33,39)(H,34,36)/t17-,18+,20+,21+,22+,23-/m1/s1. The fraction of sp³-hybridized carbons (Fsp3) is 0.833. The molecule has 0 unspecified atom stereocenters. The van der Waals surface area contributed by atoms with Crippen LogP contribution >= 0.6 is 0 Å². The number of nitriles is 1. The van der Waals surface area contributed by atoms with E-state index in [1.807, 2.05) is 20.8 Å². The van der Waals surface area contributed by atoms with E-state index in [2.05, 4.69) is 35.9 Å². The summed E-state index contributed by atoms with van der Waals surface area (Å²) in [5.74, 6) is -0.894. The average Bonchev–Trinajstić information content (AvgIpc) is 3.60. The number of ether oxygens (including phenoxy) is 1. The van der Waals surface area contributed by atoms with E-state index in [-0.39, 0.29) is 59.0 Å². The second-order valence-electron chi connectivity index (χ2n) is 14.6. The minimum atomic E-state index is -0.872. The lowest BCUT2D eigenvalue weighted by molar-refractivity contribution is -0.144. The predicted octanol–water partition coefficient (Wildman–Crippen LogP) is 3.01. The van der Waals surface area contributed by atoms with E-state index in [0.717, 1.165) is 44.9 Å². The van der Waals surface area contributed by atoms with Crippen LogP contribution in [0.1, 0.15) is 92.4 Å². The van der Waals surface area contributed by atoms with Gasteiger partial charge in [0.05, 0.1) is 6.07 Å². The highest BCUT2D eigenvalue weighted by atomic mass is 16.6. The molecule has 3 N–H and O–H groups in total. The lowest BCUT2D eigenvalue weighted by Crippen LogP contribution is -2.60. The molecule has 0 aromatic rings. The maximum Gasteiger partial charge on any atom is 0.408 e. The zero-order chi connectivity index (χ0) is 29.0. The van der Waals surface area contributed by atoms with Crippen molar-refractivity contribution in [2.75, 3.05) is 6.54 Å². The number of piperidine rings is 1. The third-order valence-electron chi connectivity index (χ3n) is 10.2. The van der Waals surface area contributed by atoms with Crippen LogP contribution in [0, 0.1) is 39.9 Å². The molecule has 0 aromatic heterocycles. The minimum Gasteiger partial charge on any atom is -0.446 e. The molecule has 5 aliphatic rings. The van der Waals surface area contributed by atoms with E-state index < -0.39 is 29.6 Å². The zero-order valence-electron chi connectivity index (χ0n) is 24.5. The van der Waals surface area contributed by atoms with Gasteiger partial charge in [-0.05, 0) is 74.0 Å². The van der Waals surface area contributed by atoms with Gasteiger partial charge in [-0.15, -0.1) is 0 Å². The third kappa shape index (κ3) is 5.53. The summed E-state index contributed by atoms with van der Waals surface area (Å²) in [6.45, 7) is 10.3. The van der Waals surface area contributed by atoms with Crippen LogP contribution in [0.5, 0.6) is 0 Å². The lowest BCUT2D eigenvalue weighted by Gasteiger charge is -2.37. The molecule has 220 valence electrons. The Bertz CT molecular complexity index is 1100. The fourth-order valence-electron chi connectivity index (χ4n) is 7.45. The van der Waals surface area contributed by atoms with E-state index in [1.54, 1.807) is 4.90 Å². The van der Waals surface area contributed by atoms with E-state index in [9.17, 15) is 24.4 Å². The Kier molecular flexibility index (Phi) is 7.33. The molecular weight excluding hydrogens is 510 g/mol. The van der Waals surface area contributed by atoms with E-state index >= 15 is 0 Å². The van der Waals surface area contributed by atoms with Crippen molar-refractivity contribution in [1.29, 1.82) is 5.26 Å². The summed E-state index contributed by atoms with van der Waals surface area (Å²) in [5, 5.41) is 18.6. The maximum absolute atomic E-state index is 14.0. The molecule has 0 radical (unpaired) electrons. The summed E-state index contributed by atoms with van der Waals surface area (Å²) >= 11 is 0. The molecule has 0 aromatic carbocycles. The number of nitrogens with one attached hydrogen (secondary N) is 3. The van der Waals surface area contributed by atoms with E-state index in [1.165, 1.54) is 0 Å². The number of likely N-dealkylation sites (tertiary alicyclic amines) is 1. The van der Waals surface area contributed by atoms with Gasteiger partial charge in [0.2, 0.25) is 17.7 Å². The number of amides is 4. The maximum atomic E-state index is 14.0. The normalized spacial score (nSPS) is 31.4. The van der Waals surface area contributed by atoms with Crippen molar-refractivity contribution in [2.24, 2.45) is 28.6 Å². The summed E-state index contributed by atoms with van der Waals surface area (Å²) in [7, 11) is 0. The number of alkyl carbamates (subject to hydrolysis) is 1. The number of carbonyl (C=O) groups excluding carboxylic acids is 4. The second-order valence-corrected chi connectivity index (χ2v) is 14.6. The molecule has 10 nitrogen and oxygen atoms in total. The predicted molar refractivity (Wildman–Crippen MR) is 146 cm³/mol. The molecule has 2 aliphatic heterocycles. The van der Waals surface area contributed by atoms with E-state index in [4.69, 9.17) is 4.74 Å². The first-order valence-electron chi connectivity index (χ1n) is 15.1. The summed E-state index contributed by atoms with van der Waals surface area (Å²) in [4.78, 5) is 54.7. The Hall–Kier alpha value is -2.83.